The van der Waals surface area contributed by atoms with E-state index in [9.17, 15) is 4.79 Å². The van der Waals surface area contributed by atoms with Gasteiger partial charge in [-0.25, -0.2) is 5.43 Å². The third kappa shape index (κ3) is 4.69. The van der Waals surface area contributed by atoms with Gasteiger partial charge in [-0.1, -0.05) is 24.2 Å². The van der Waals surface area contributed by atoms with Gasteiger partial charge in [0, 0.05) is 24.0 Å². The summed E-state index contributed by atoms with van der Waals surface area (Å²) >= 11 is 0. The molecule has 8 heteroatoms. The number of allylic oxidation sites excluding steroid dienone is 1. The maximum atomic E-state index is 12.2. The number of ether oxygens (including phenoxy) is 1. The molecule has 0 aliphatic heterocycles. The summed E-state index contributed by atoms with van der Waals surface area (Å²) in [7, 11) is 1.61. The average molecular weight is 365 g/mol. The standard InChI is InChI=1S/C19H19N5O3/c1-3-13(14-4-6-16(26-2)7-5-14)12-17(25)22-23-19-21-18(24-27-19)15-8-10-20-11-9-15/h4-12H,3H2,1-2H3,(H,22,25)(H,21,23,24)/b13-12+. The number of nitrogens with one attached hydrogen (secondary N) is 2. The number of pyridine rings is 1. The molecule has 138 valence electrons. The lowest BCUT2D eigenvalue weighted by atomic mass is 10.0. The Morgan fingerprint density at radius 3 is 2.59 bits per heavy atom. The Bertz CT molecular complexity index is 920. The van der Waals surface area contributed by atoms with Crippen LogP contribution in [0.3, 0.4) is 0 Å². The number of methoxy groups -OCH3 is 1. The largest absolute Gasteiger partial charge is 0.497 e. The van der Waals surface area contributed by atoms with E-state index in [4.69, 9.17) is 9.26 Å². The lowest BCUT2D eigenvalue weighted by molar-refractivity contribution is -0.116. The number of carbonyl (C=O) groups is 1. The molecule has 1 amide bonds. The second-order valence-corrected chi connectivity index (χ2v) is 5.52. The Hall–Kier alpha value is -3.68. The lowest BCUT2D eigenvalue weighted by Gasteiger charge is -2.07. The van der Waals surface area contributed by atoms with Crippen molar-refractivity contribution < 1.29 is 14.1 Å². The smallest absolute Gasteiger partial charge is 0.340 e. The van der Waals surface area contributed by atoms with E-state index in [1.54, 1.807) is 31.6 Å². The molecule has 1 aromatic carbocycles. The van der Waals surface area contributed by atoms with Crippen molar-refractivity contribution in [1.29, 1.82) is 0 Å². The predicted molar refractivity (Wildman–Crippen MR) is 101 cm³/mol. The monoisotopic (exact) mass is 365 g/mol. The molecule has 0 radical (unpaired) electrons. The van der Waals surface area contributed by atoms with E-state index in [1.165, 1.54) is 6.08 Å². The van der Waals surface area contributed by atoms with Crippen molar-refractivity contribution in [2.45, 2.75) is 13.3 Å². The number of nitrogens with zero attached hydrogens (tertiary/aromatic N) is 3. The van der Waals surface area contributed by atoms with E-state index >= 15 is 0 Å². The van der Waals surface area contributed by atoms with Gasteiger partial charge in [-0.3, -0.25) is 15.2 Å². The zero-order valence-electron chi connectivity index (χ0n) is 15.0. The number of benzene rings is 1. The number of anilines is 1. The van der Waals surface area contributed by atoms with E-state index in [0.717, 1.165) is 22.4 Å². The molecule has 0 fully saturated rings. The number of hydrazine groups is 1. The molecule has 2 aromatic heterocycles. The summed E-state index contributed by atoms with van der Waals surface area (Å²) in [5, 5.41) is 3.85. The molecule has 27 heavy (non-hydrogen) atoms. The molecule has 0 saturated carbocycles. The molecule has 2 heterocycles. The van der Waals surface area contributed by atoms with Crippen LogP contribution in [0.4, 0.5) is 6.01 Å². The van der Waals surface area contributed by atoms with Crippen LogP contribution in [0.25, 0.3) is 17.0 Å². The van der Waals surface area contributed by atoms with Gasteiger partial charge in [0.05, 0.1) is 7.11 Å². The van der Waals surface area contributed by atoms with Crippen molar-refractivity contribution in [2.75, 3.05) is 12.5 Å². The van der Waals surface area contributed by atoms with Crippen LogP contribution in [0, 0.1) is 0 Å². The van der Waals surface area contributed by atoms with Crippen LogP contribution >= 0.6 is 0 Å². The average Bonchev–Trinajstić information content (AvgIpc) is 3.20. The minimum atomic E-state index is -0.327. The molecule has 0 spiro atoms. The van der Waals surface area contributed by atoms with E-state index < -0.39 is 0 Å². The topological polar surface area (TPSA) is 102 Å². The highest BCUT2D eigenvalue weighted by Gasteiger charge is 2.09. The van der Waals surface area contributed by atoms with Crippen molar-refractivity contribution in [1.82, 2.24) is 20.6 Å². The molecule has 2 N–H and O–H groups in total. The SMILES string of the molecule is CC/C(=C\C(=O)NNc1nc(-c2ccncc2)no1)c1ccc(OC)cc1. The molecule has 0 aliphatic carbocycles. The predicted octanol–water partition coefficient (Wildman–Crippen LogP) is 3.08. The minimum absolute atomic E-state index is 0.0889. The molecular formula is C19H19N5O3. The molecule has 0 atom stereocenters. The van der Waals surface area contributed by atoms with Gasteiger partial charge >= 0.3 is 6.01 Å². The van der Waals surface area contributed by atoms with Crippen molar-refractivity contribution in [3.05, 3.63) is 60.4 Å². The normalized spacial score (nSPS) is 11.1. The first kappa shape index (κ1) is 18.1. The Morgan fingerprint density at radius 1 is 1.19 bits per heavy atom. The quantitative estimate of drug-likeness (QED) is 0.490. The van der Waals surface area contributed by atoms with Gasteiger partial charge in [-0.15, -0.1) is 0 Å². The second-order valence-electron chi connectivity index (χ2n) is 5.52. The second kappa shape index (κ2) is 8.61. The van der Waals surface area contributed by atoms with Crippen LogP contribution < -0.4 is 15.6 Å². The van der Waals surface area contributed by atoms with Crippen molar-refractivity contribution in [3.8, 4) is 17.1 Å². The number of rotatable bonds is 7. The number of hydrogen-bond acceptors (Lipinski definition) is 7. The van der Waals surface area contributed by atoms with Gasteiger partial charge in [0.25, 0.3) is 5.91 Å². The first-order valence-electron chi connectivity index (χ1n) is 8.34. The highest BCUT2D eigenvalue weighted by atomic mass is 16.5. The zero-order chi connectivity index (χ0) is 19.1. The van der Waals surface area contributed by atoms with Crippen LogP contribution in [0.1, 0.15) is 18.9 Å². The van der Waals surface area contributed by atoms with Crippen LogP contribution in [-0.2, 0) is 4.79 Å². The summed E-state index contributed by atoms with van der Waals surface area (Å²) < 4.78 is 10.2. The summed E-state index contributed by atoms with van der Waals surface area (Å²) in [4.78, 5) is 20.3. The molecule has 0 bridgehead atoms. The highest BCUT2D eigenvalue weighted by Crippen LogP contribution is 2.21. The van der Waals surface area contributed by atoms with Gasteiger partial charge in [-0.05, 0) is 41.8 Å². The maximum absolute atomic E-state index is 12.2. The molecule has 8 nitrogen and oxygen atoms in total. The van der Waals surface area contributed by atoms with E-state index in [2.05, 4.69) is 26.0 Å². The van der Waals surface area contributed by atoms with Gasteiger partial charge in [0.1, 0.15) is 5.75 Å². The summed E-state index contributed by atoms with van der Waals surface area (Å²) in [6.45, 7) is 1.98. The van der Waals surface area contributed by atoms with Crippen molar-refractivity contribution in [3.63, 3.8) is 0 Å². The lowest BCUT2D eigenvalue weighted by Crippen LogP contribution is -2.28. The van der Waals surface area contributed by atoms with Crippen molar-refractivity contribution >= 4 is 17.5 Å². The Balaban J connectivity index is 1.62. The number of amides is 1. The van der Waals surface area contributed by atoms with Crippen LogP contribution in [-0.4, -0.2) is 28.1 Å². The van der Waals surface area contributed by atoms with E-state index in [-0.39, 0.29) is 11.9 Å². The third-order valence-electron chi connectivity index (χ3n) is 3.80. The number of carbonyl (C=O) groups excluding carboxylic acids is 1. The number of aromatic nitrogens is 3. The van der Waals surface area contributed by atoms with E-state index in [0.29, 0.717) is 12.2 Å². The molecular weight excluding hydrogens is 346 g/mol. The minimum Gasteiger partial charge on any atom is -0.497 e. The van der Waals surface area contributed by atoms with E-state index in [1.807, 2.05) is 31.2 Å². The van der Waals surface area contributed by atoms with Crippen LogP contribution in [0.2, 0.25) is 0 Å². The van der Waals surface area contributed by atoms with Gasteiger partial charge < -0.3 is 9.26 Å². The first-order chi connectivity index (χ1) is 13.2. The molecule has 0 saturated heterocycles. The Labute approximate surface area is 156 Å². The van der Waals surface area contributed by atoms with Crippen molar-refractivity contribution in [2.24, 2.45) is 0 Å². The highest BCUT2D eigenvalue weighted by molar-refractivity contribution is 5.95. The Kier molecular flexibility index (Phi) is 5.78. The molecule has 3 aromatic rings. The molecule has 3 rings (SSSR count). The van der Waals surface area contributed by atoms with Crippen LogP contribution in [0.5, 0.6) is 5.75 Å². The third-order valence-corrected chi connectivity index (χ3v) is 3.80. The zero-order valence-corrected chi connectivity index (χ0v) is 15.0. The van der Waals surface area contributed by atoms with Crippen LogP contribution in [0.15, 0.2) is 59.4 Å². The fraction of sp³-hybridized carbons (Fsp3) is 0.158. The molecule has 0 unspecified atom stereocenters. The summed E-state index contributed by atoms with van der Waals surface area (Å²) in [6, 6.07) is 11.1. The Morgan fingerprint density at radius 2 is 1.93 bits per heavy atom. The van der Waals surface area contributed by atoms with Gasteiger partial charge in [0.15, 0.2) is 0 Å². The van der Waals surface area contributed by atoms with Gasteiger partial charge in [0.2, 0.25) is 5.82 Å². The molecule has 0 aliphatic rings. The summed E-state index contributed by atoms with van der Waals surface area (Å²) in [5.41, 5.74) is 7.74. The van der Waals surface area contributed by atoms with Gasteiger partial charge in [-0.2, -0.15) is 4.98 Å². The number of hydrogen-bond donors (Lipinski definition) is 2. The first-order valence-corrected chi connectivity index (χ1v) is 8.34. The summed E-state index contributed by atoms with van der Waals surface area (Å²) in [5.74, 6) is 0.838. The summed E-state index contributed by atoms with van der Waals surface area (Å²) in [6.07, 6.45) is 5.50. The fourth-order valence-corrected chi connectivity index (χ4v) is 2.40. The maximum Gasteiger partial charge on any atom is 0.340 e. The fourth-order valence-electron chi connectivity index (χ4n) is 2.40.